The zero-order valence-electron chi connectivity index (χ0n) is 32.0. The zero-order valence-corrected chi connectivity index (χ0v) is 32.0. The van der Waals surface area contributed by atoms with Gasteiger partial charge >= 0.3 is 0 Å². The Morgan fingerprint density at radius 3 is 1.88 bits per heavy atom. The van der Waals surface area contributed by atoms with E-state index in [-0.39, 0.29) is 0 Å². The van der Waals surface area contributed by atoms with Crippen molar-refractivity contribution in [1.82, 2.24) is 0 Å². The minimum absolute atomic E-state index is 0.970. The normalized spacial score (nSPS) is 12.3. The number of aryl methyl sites for hydroxylation is 1. The van der Waals surface area contributed by atoms with E-state index in [1.54, 1.807) is 0 Å². The molecule has 1 aromatic heterocycles. The number of nitrogens with zero attached hydrogens (tertiary/aromatic N) is 1. The number of furan rings is 1. The highest BCUT2D eigenvalue weighted by atomic mass is 16.3. The quantitative estimate of drug-likeness (QED) is 0.162. The number of rotatable bonds is 7. The smallest absolute Gasteiger partial charge is 0.135 e. The Morgan fingerprint density at radius 2 is 1.02 bits per heavy atom. The van der Waals surface area contributed by atoms with Gasteiger partial charge in [0.2, 0.25) is 0 Å². The Kier molecular flexibility index (Phi) is 8.33. The van der Waals surface area contributed by atoms with E-state index in [4.69, 9.17) is 4.42 Å². The predicted octanol–water partition coefficient (Wildman–Crippen LogP) is 15.8. The van der Waals surface area contributed by atoms with Crippen LogP contribution in [0.4, 0.5) is 17.1 Å². The summed E-state index contributed by atoms with van der Waals surface area (Å²) in [6.45, 7) is 0. The molecule has 2 nitrogen and oxygen atoms in total. The molecule has 0 unspecified atom stereocenters. The van der Waals surface area contributed by atoms with Crippen LogP contribution in [-0.2, 0) is 6.42 Å². The number of benzene rings is 9. The molecule has 1 heterocycles. The van der Waals surface area contributed by atoms with Gasteiger partial charge in [-0.2, -0.15) is 0 Å². The summed E-state index contributed by atoms with van der Waals surface area (Å²) in [7, 11) is 0. The summed E-state index contributed by atoms with van der Waals surface area (Å²) < 4.78 is 6.27. The van der Waals surface area contributed by atoms with Crippen LogP contribution in [0.25, 0.3) is 83.1 Å². The lowest BCUT2D eigenvalue weighted by Gasteiger charge is -2.29. The molecule has 0 spiro atoms. The van der Waals surface area contributed by atoms with E-state index in [0.717, 1.165) is 46.8 Å². The maximum atomic E-state index is 6.27. The first-order valence-corrected chi connectivity index (χ1v) is 20.1. The largest absolute Gasteiger partial charge is 0.456 e. The van der Waals surface area contributed by atoms with Crippen molar-refractivity contribution < 1.29 is 4.42 Å². The van der Waals surface area contributed by atoms with E-state index < -0.39 is 0 Å². The van der Waals surface area contributed by atoms with Crippen molar-refractivity contribution in [2.75, 3.05) is 4.90 Å². The monoisotopic (exact) mass is 741 g/mol. The summed E-state index contributed by atoms with van der Waals surface area (Å²) in [6, 6.07) is 72.7. The third kappa shape index (κ3) is 5.98. The average molecular weight is 742 g/mol. The molecule has 0 saturated heterocycles. The van der Waals surface area contributed by atoms with Gasteiger partial charge in [0, 0.05) is 27.9 Å². The van der Waals surface area contributed by atoms with Crippen LogP contribution < -0.4 is 4.90 Å². The topological polar surface area (TPSA) is 16.4 Å². The Labute approximate surface area is 338 Å². The first-order chi connectivity index (χ1) is 28.7. The highest BCUT2D eigenvalue weighted by Gasteiger charge is 2.20. The number of anilines is 3. The highest BCUT2D eigenvalue weighted by molar-refractivity contribution is 6.10. The van der Waals surface area contributed by atoms with E-state index in [9.17, 15) is 0 Å². The van der Waals surface area contributed by atoms with E-state index in [0.29, 0.717) is 0 Å². The molecule has 0 fully saturated rings. The van der Waals surface area contributed by atoms with Crippen LogP contribution in [-0.4, -0.2) is 0 Å². The molecule has 1 aliphatic rings. The summed E-state index contributed by atoms with van der Waals surface area (Å²) in [5.74, 6) is 1.01. The highest BCUT2D eigenvalue weighted by Crippen LogP contribution is 2.44. The van der Waals surface area contributed by atoms with Crippen molar-refractivity contribution in [3.05, 3.63) is 218 Å². The molecule has 10 aromatic rings. The average Bonchev–Trinajstić information content (AvgIpc) is 3.69. The fourth-order valence-corrected chi connectivity index (χ4v) is 8.88. The van der Waals surface area contributed by atoms with Gasteiger partial charge in [0.15, 0.2) is 0 Å². The molecule has 0 aliphatic heterocycles. The van der Waals surface area contributed by atoms with E-state index in [1.807, 2.05) is 0 Å². The minimum atomic E-state index is 0.970. The second-order valence-electron chi connectivity index (χ2n) is 15.2. The molecule has 0 N–H and O–H groups in total. The van der Waals surface area contributed by atoms with Crippen molar-refractivity contribution in [2.45, 2.75) is 12.8 Å². The lowest BCUT2D eigenvalue weighted by molar-refractivity contribution is 0.595. The molecule has 9 aromatic carbocycles. The van der Waals surface area contributed by atoms with E-state index >= 15 is 0 Å². The van der Waals surface area contributed by atoms with Crippen LogP contribution in [0.1, 0.15) is 17.7 Å². The van der Waals surface area contributed by atoms with Gasteiger partial charge in [0.05, 0.1) is 5.69 Å². The summed E-state index contributed by atoms with van der Waals surface area (Å²) in [5.41, 5.74) is 15.1. The zero-order chi connectivity index (χ0) is 38.4. The molecule has 274 valence electrons. The van der Waals surface area contributed by atoms with Crippen molar-refractivity contribution in [3.63, 3.8) is 0 Å². The lowest BCUT2D eigenvalue weighted by atomic mass is 9.94. The van der Waals surface area contributed by atoms with Crippen LogP contribution in [0.5, 0.6) is 0 Å². The lowest BCUT2D eigenvalue weighted by Crippen LogP contribution is -2.11. The van der Waals surface area contributed by atoms with E-state index in [2.05, 4.69) is 217 Å². The third-order valence-corrected chi connectivity index (χ3v) is 11.7. The van der Waals surface area contributed by atoms with Crippen LogP contribution in [0.2, 0.25) is 0 Å². The number of fused-ring (bicyclic) bond motifs is 6. The molecular formula is C56H39NO. The van der Waals surface area contributed by atoms with Crippen LogP contribution in [0, 0.1) is 0 Å². The minimum Gasteiger partial charge on any atom is -0.456 e. The summed E-state index contributed by atoms with van der Waals surface area (Å²) >= 11 is 0. The molecule has 58 heavy (non-hydrogen) atoms. The molecule has 11 rings (SSSR count). The fourth-order valence-electron chi connectivity index (χ4n) is 8.88. The number of hydrogen-bond donors (Lipinski definition) is 0. The molecule has 2 heteroatoms. The SMILES string of the molecule is C1=Cc2oc3ccc4ccc(-c5ccc(-c6cccc(N(c7ccc(-c8ccccc8)cc7)c7ccccc7-c7cccc8ccccc78)c6)cc5)cc4c3c2CC1. The van der Waals surface area contributed by atoms with Gasteiger partial charge in [0.25, 0.3) is 0 Å². The Balaban J connectivity index is 0.995. The summed E-state index contributed by atoms with van der Waals surface area (Å²) in [6.07, 6.45) is 6.41. The molecule has 0 amide bonds. The van der Waals surface area contributed by atoms with Gasteiger partial charge in [-0.3, -0.25) is 0 Å². The number of hydrogen-bond acceptors (Lipinski definition) is 2. The maximum Gasteiger partial charge on any atom is 0.135 e. The van der Waals surface area contributed by atoms with E-state index in [1.165, 1.54) is 71.4 Å². The Hall–Kier alpha value is -7.42. The molecule has 0 atom stereocenters. The van der Waals surface area contributed by atoms with Crippen molar-refractivity contribution >= 4 is 55.7 Å². The van der Waals surface area contributed by atoms with Crippen LogP contribution >= 0.6 is 0 Å². The third-order valence-electron chi connectivity index (χ3n) is 11.7. The second kappa shape index (κ2) is 14.3. The molecule has 1 aliphatic carbocycles. The summed E-state index contributed by atoms with van der Waals surface area (Å²) in [4.78, 5) is 2.41. The second-order valence-corrected chi connectivity index (χ2v) is 15.2. The molecule has 0 radical (unpaired) electrons. The fraction of sp³-hybridized carbons (Fsp3) is 0.0357. The number of allylic oxidation sites excluding steroid dienone is 1. The molecular weight excluding hydrogens is 703 g/mol. The van der Waals surface area contributed by atoms with Gasteiger partial charge in [-0.05, 0) is 122 Å². The van der Waals surface area contributed by atoms with Gasteiger partial charge in [-0.25, -0.2) is 0 Å². The van der Waals surface area contributed by atoms with Gasteiger partial charge < -0.3 is 9.32 Å². The van der Waals surface area contributed by atoms with Gasteiger partial charge in [-0.1, -0.05) is 164 Å². The summed E-state index contributed by atoms with van der Waals surface area (Å²) in [5, 5.41) is 6.22. The van der Waals surface area contributed by atoms with Crippen molar-refractivity contribution in [1.29, 1.82) is 0 Å². The van der Waals surface area contributed by atoms with Gasteiger partial charge in [0.1, 0.15) is 11.3 Å². The number of para-hydroxylation sites is 1. The first-order valence-electron chi connectivity index (χ1n) is 20.1. The standard InChI is InChI=1S/C56H39NO/c1-2-12-38(13-3-1)39-30-33-46(34-31-39)57(53-22-8-6-19-50(53)49-21-11-15-42-14-4-5-18-48(42)49)47-17-10-16-44(36-47)40-24-26-41(27-25-40)45-29-28-43-32-35-55-56(52(43)37-45)51-20-7-9-23-54(51)58-55/h1-6,8-19,21-37H,7,20H2. The van der Waals surface area contributed by atoms with Crippen LogP contribution in [0.3, 0.4) is 0 Å². The van der Waals surface area contributed by atoms with Crippen LogP contribution in [0.15, 0.2) is 211 Å². The Bertz CT molecular complexity index is 3150. The van der Waals surface area contributed by atoms with Crippen molar-refractivity contribution in [3.8, 4) is 44.5 Å². The van der Waals surface area contributed by atoms with Crippen molar-refractivity contribution in [2.24, 2.45) is 0 Å². The van der Waals surface area contributed by atoms with Gasteiger partial charge in [-0.15, -0.1) is 0 Å². The first kappa shape index (κ1) is 33.9. The Morgan fingerprint density at radius 1 is 0.414 bits per heavy atom. The molecule has 0 saturated carbocycles. The molecule has 0 bridgehead atoms. The maximum absolute atomic E-state index is 6.27. The predicted molar refractivity (Wildman–Crippen MR) is 245 cm³/mol.